The molecule has 0 N–H and O–H groups in total. The Balaban J connectivity index is 1.89. The lowest BCUT2D eigenvalue weighted by Gasteiger charge is -2.30. The average molecular weight is 423 g/mol. The monoisotopic (exact) mass is 422 g/mol. The maximum atomic E-state index is 14.8. The van der Waals surface area contributed by atoms with Crippen LogP contribution in [0.1, 0.15) is 31.9 Å². The summed E-state index contributed by atoms with van der Waals surface area (Å²) in [7, 11) is 2.08. The minimum absolute atomic E-state index is 0.135. The van der Waals surface area contributed by atoms with E-state index in [-0.39, 0.29) is 11.2 Å². The normalized spacial score (nSPS) is 12.9. The molecule has 3 heteroatoms. The van der Waals surface area contributed by atoms with E-state index < -0.39 is 0 Å². The van der Waals surface area contributed by atoms with Gasteiger partial charge in [0.15, 0.2) is 6.20 Å². The van der Waals surface area contributed by atoms with Gasteiger partial charge in [-0.1, -0.05) is 57.2 Å². The van der Waals surface area contributed by atoms with Gasteiger partial charge >= 0.3 is 0 Å². The minimum Gasteiger partial charge on any atom is -0.455 e. The van der Waals surface area contributed by atoms with Crippen molar-refractivity contribution in [2.45, 2.75) is 33.1 Å². The van der Waals surface area contributed by atoms with Crippen molar-refractivity contribution in [1.29, 1.82) is 0 Å². The summed E-state index contributed by atoms with van der Waals surface area (Å²) in [5, 5.41) is 6.01. The van der Waals surface area contributed by atoms with Crippen molar-refractivity contribution in [3.63, 3.8) is 0 Å². The topological polar surface area (TPSA) is 13.1 Å². The molecule has 1 aliphatic heterocycles. The van der Waals surface area contributed by atoms with E-state index in [4.69, 9.17) is 4.74 Å². The summed E-state index contributed by atoms with van der Waals surface area (Å²) < 4.78 is 23.7. The van der Waals surface area contributed by atoms with Gasteiger partial charge in [-0.3, -0.25) is 0 Å². The van der Waals surface area contributed by atoms with Gasteiger partial charge < -0.3 is 4.74 Å². The van der Waals surface area contributed by atoms with E-state index in [1.165, 1.54) is 28.0 Å². The molecule has 0 bridgehead atoms. The molecule has 0 saturated carbocycles. The molecule has 4 aromatic carbocycles. The number of aromatic nitrogens is 1. The van der Waals surface area contributed by atoms with Crippen LogP contribution < -0.4 is 9.30 Å². The van der Waals surface area contributed by atoms with Crippen molar-refractivity contribution in [1.82, 2.24) is 0 Å². The van der Waals surface area contributed by atoms with Gasteiger partial charge in [0.05, 0.1) is 10.9 Å². The molecule has 32 heavy (non-hydrogen) atoms. The Kier molecular flexibility index (Phi) is 3.78. The first kappa shape index (κ1) is 19.2. The maximum Gasteiger partial charge on any atom is 0.228 e. The molecule has 1 aromatic heterocycles. The van der Waals surface area contributed by atoms with Crippen molar-refractivity contribution in [3.05, 3.63) is 77.7 Å². The van der Waals surface area contributed by atoms with E-state index in [1.54, 1.807) is 6.07 Å². The predicted molar refractivity (Wildman–Crippen MR) is 129 cm³/mol. The number of hydrogen-bond acceptors (Lipinski definition) is 1. The van der Waals surface area contributed by atoms with Crippen molar-refractivity contribution in [3.8, 4) is 22.8 Å². The minimum atomic E-state index is -0.226. The summed E-state index contributed by atoms with van der Waals surface area (Å²) >= 11 is 0. The van der Waals surface area contributed by atoms with Gasteiger partial charge in [-0.15, -0.1) is 0 Å². The first-order valence-corrected chi connectivity index (χ1v) is 11.0. The summed E-state index contributed by atoms with van der Waals surface area (Å²) in [5.74, 6) is 1.38. The highest BCUT2D eigenvalue weighted by atomic mass is 19.1. The van der Waals surface area contributed by atoms with Crippen LogP contribution in [-0.2, 0) is 12.5 Å². The summed E-state index contributed by atoms with van der Waals surface area (Å²) in [4.78, 5) is 0. The molecule has 5 aromatic rings. The van der Waals surface area contributed by atoms with Crippen LogP contribution in [-0.4, -0.2) is 0 Å². The van der Waals surface area contributed by atoms with Crippen LogP contribution in [0.4, 0.5) is 4.39 Å². The molecular formula is C29H25FNO+. The lowest BCUT2D eigenvalue weighted by molar-refractivity contribution is -0.659. The third-order valence-electron chi connectivity index (χ3n) is 6.82. The fourth-order valence-electron chi connectivity index (χ4n) is 5.45. The Morgan fingerprint density at radius 1 is 0.844 bits per heavy atom. The number of pyridine rings is 1. The maximum absolute atomic E-state index is 14.8. The Morgan fingerprint density at radius 2 is 1.56 bits per heavy atom. The van der Waals surface area contributed by atoms with Gasteiger partial charge in [-0.2, -0.15) is 0 Å². The zero-order valence-electron chi connectivity index (χ0n) is 19.0. The second kappa shape index (κ2) is 6.29. The highest BCUT2D eigenvalue weighted by Gasteiger charge is 2.36. The number of hydrogen-bond donors (Lipinski definition) is 0. The van der Waals surface area contributed by atoms with Crippen molar-refractivity contribution in [2.24, 2.45) is 7.05 Å². The van der Waals surface area contributed by atoms with Crippen LogP contribution in [0.5, 0.6) is 11.5 Å². The molecule has 0 aliphatic carbocycles. The van der Waals surface area contributed by atoms with E-state index in [9.17, 15) is 4.39 Å². The molecule has 2 heterocycles. The lowest BCUT2D eigenvalue weighted by Crippen LogP contribution is -2.32. The third-order valence-corrected chi connectivity index (χ3v) is 6.82. The first-order valence-electron chi connectivity index (χ1n) is 11.0. The molecular weight excluding hydrogens is 397 g/mol. The molecule has 0 fully saturated rings. The number of ether oxygens (including phenoxy) is 1. The standard InChI is InChI=1S/C29H25FNO/c1-16-17-9-6-7-10-20(17)26(29(2,3)4)28-24(16)27-25-19(13-14-31(27)5)18-11-8-12-22(30)21(18)15-23(25)32-28/h6-15H,1-5H3/q+1. The predicted octanol–water partition coefficient (Wildman–Crippen LogP) is 7.49. The fourth-order valence-corrected chi connectivity index (χ4v) is 5.45. The summed E-state index contributed by atoms with van der Waals surface area (Å²) in [5.41, 5.74) is 4.51. The third kappa shape index (κ3) is 2.42. The van der Waals surface area contributed by atoms with Crippen LogP contribution in [0.15, 0.2) is 60.8 Å². The van der Waals surface area contributed by atoms with E-state index >= 15 is 0 Å². The highest BCUT2D eigenvalue weighted by Crippen LogP contribution is 2.54. The molecule has 158 valence electrons. The quantitative estimate of drug-likeness (QED) is 0.183. The van der Waals surface area contributed by atoms with Crippen molar-refractivity contribution >= 4 is 32.3 Å². The largest absolute Gasteiger partial charge is 0.455 e. The van der Waals surface area contributed by atoms with Crippen molar-refractivity contribution in [2.75, 3.05) is 0 Å². The number of benzene rings is 4. The molecule has 1 aliphatic rings. The number of aryl methyl sites for hydroxylation is 2. The van der Waals surface area contributed by atoms with Gasteiger partial charge in [0, 0.05) is 22.4 Å². The smallest absolute Gasteiger partial charge is 0.228 e. The molecule has 2 nitrogen and oxygen atoms in total. The van der Waals surface area contributed by atoms with Crippen LogP contribution in [0.3, 0.4) is 0 Å². The van der Waals surface area contributed by atoms with E-state index in [1.807, 2.05) is 12.1 Å². The Labute approximate surface area is 186 Å². The Bertz CT molecular complexity index is 1610. The fraction of sp³-hybridized carbons (Fsp3) is 0.207. The number of rotatable bonds is 0. The number of nitrogens with zero attached hydrogens (tertiary/aromatic N) is 1. The lowest BCUT2D eigenvalue weighted by atomic mass is 9.78. The Morgan fingerprint density at radius 3 is 2.31 bits per heavy atom. The number of fused-ring (bicyclic) bond motifs is 5. The molecule has 0 radical (unpaired) electrons. The van der Waals surface area contributed by atoms with Gasteiger partial charge in [-0.25, -0.2) is 8.96 Å². The van der Waals surface area contributed by atoms with Crippen LogP contribution in [0.25, 0.3) is 43.6 Å². The van der Waals surface area contributed by atoms with E-state index in [0.717, 1.165) is 38.9 Å². The van der Waals surface area contributed by atoms with E-state index in [2.05, 4.69) is 75.8 Å². The molecule has 0 spiro atoms. The summed E-state index contributed by atoms with van der Waals surface area (Å²) in [6.07, 6.45) is 2.08. The SMILES string of the molecule is Cc1c2c(c(C(C)(C)C)c3ccccc13)Oc1cc3c(F)cccc3c3cc[n+](C)c-2c13. The van der Waals surface area contributed by atoms with Gasteiger partial charge in [0.2, 0.25) is 5.69 Å². The molecule has 6 rings (SSSR count). The first-order chi connectivity index (χ1) is 15.3. The number of halogens is 1. The molecule has 0 unspecified atom stereocenters. The van der Waals surface area contributed by atoms with Crippen LogP contribution in [0, 0.1) is 12.7 Å². The average Bonchev–Trinajstić information content (AvgIpc) is 2.75. The zero-order valence-corrected chi connectivity index (χ0v) is 19.0. The van der Waals surface area contributed by atoms with Crippen LogP contribution in [0.2, 0.25) is 0 Å². The van der Waals surface area contributed by atoms with Crippen molar-refractivity contribution < 1.29 is 13.7 Å². The Hall–Kier alpha value is -3.46. The molecule has 0 amide bonds. The van der Waals surface area contributed by atoms with E-state index in [0.29, 0.717) is 5.39 Å². The van der Waals surface area contributed by atoms with Gasteiger partial charge in [-0.05, 0) is 46.2 Å². The zero-order chi connectivity index (χ0) is 22.4. The highest BCUT2D eigenvalue weighted by molar-refractivity contribution is 6.16. The van der Waals surface area contributed by atoms with Gasteiger partial charge in [0.25, 0.3) is 0 Å². The van der Waals surface area contributed by atoms with Gasteiger partial charge in [0.1, 0.15) is 24.4 Å². The molecule has 0 saturated heterocycles. The molecule has 0 atom stereocenters. The second-order valence-corrected chi connectivity index (χ2v) is 9.88. The summed E-state index contributed by atoms with van der Waals surface area (Å²) in [6, 6.07) is 17.8. The summed E-state index contributed by atoms with van der Waals surface area (Å²) in [6.45, 7) is 8.86. The van der Waals surface area contributed by atoms with Crippen LogP contribution >= 0.6 is 0 Å². The second-order valence-electron chi connectivity index (χ2n) is 9.88.